The maximum atomic E-state index is 13.8. The summed E-state index contributed by atoms with van der Waals surface area (Å²) in [5.41, 5.74) is 0.761. The first kappa shape index (κ1) is 27.6. The van der Waals surface area contributed by atoms with Crippen molar-refractivity contribution in [1.82, 2.24) is 10.2 Å². The van der Waals surface area contributed by atoms with Gasteiger partial charge in [-0.05, 0) is 48.7 Å². The lowest BCUT2D eigenvalue weighted by Crippen LogP contribution is -2.52. The number of hydrogen-bond acceptors (Lipinski definition) is 4. The number of halogens is 2. The number of sulfonamides is 1. The molecule has 0 aliphatic rings. The minimum absolute atomic E-state index is 0.0303. The Hall–Kier alpha value is -2.65. The van der Waals surface area contributed by atoms with Crippen molar-refractivity contribution in [2.24, 2.45) is 0 Å². The second-order valence-electron chi connectivity index (χ2n) is 7.97. The molecule has 0 aliphatic heterocycles. The SMILES string of the molecule is CCCCNC(=O)[C@H](CC)N(Cc1ccc(Cl)cc1)C(=O)CN(c1cccc(F)c1)S(C)(=O)=O. The molecule has 0 heterocycles. The lowest BCUT2D eigenvalue weighted by Gasteiger charge is -2.33. The van der Waals surface area contributed by atoms with E-state index in [-0.39, 0.29) is 18.1 Å². The first-order valence-electron chi connectivity index (χ1n) is 11.1. The fourth-order valence-corrected chi connectivity index (χ4v) is 4.42. The normalized spacial score (nSPS) is 12.1. The number of hydrogen-bond donors (Lipinski definition) is 1. The van der Waals surface area contributed by atoms with Gasteiger partial charge < -0.3 is 10.2 Å². The third-order valence-corrected chi connectivity index (χ3v) is 6.65. The Balaban J connectivity index is 2.39. The zero-order valence-corrected chi connectivity index (χ0v) is 21.2. The van der Waals surface area contributed by atoms with Crippen molar-refractivity contribution in [3.63, 3.8) is 0 Å². The van der Waals surface area contributed by atoms with E-state index in [0.29, 0.717) is 18.0 Å². The Kier molecular flexibility index (Phi) is 10.3. The number of nitrogens with one attached hydrogen (secondary N) is 1. The molecule has 0 saturated carbocycles. The molecule has 10 heteroatoms. The molecular formula is C24H31ClFN3O4S. The van der Waals surface area contributed by atoms with Crippen molar-refractivity contribution in [2.75, 3.05) is 23.7 Å². The van der Waals surface area contributed by atoms with Crippen LogP contribution in [0, 0.1) is 5.82 Å². The van der Waals surface area contributed by atoms with E-state index in [9.17, 15) is 22.4 Å². The summed E-state index contributed by atoms with van der Waals surface area (Å²) < 4.78 is 39.6. The third kappa shape index (κ3) is 7.99. The van der Waals surface area contributed by atoms with Gasteiger partial charge in [-0.3, -0.25) is 13.9 Å². The summed E-state index contributed by atoms with van der Waals surface area (Å²) in [5.74, 6) is -1.52. The van der Waals surface area contributed by atoms with Gasteiger partial charge in [0.25, 0.3) is 0 Å². The monoisotopic (exact) mass is 511 g/mol. The van der Waals surface area contributed by atoms with Crippen LogP contribution in [-0.4, -0.2) is 50.5 Å². The molecule has 0 radical (unpaired) electrons. The van der Waals surface area contributed by atoms with Gasteiger partial charge >= 0.3 is 0 Å². The van der Waals surface area contributed by atoms with Crippen LogP contribution in [-0.2, 0) is 26.2 Å². The van der Waals surface area contributed by atoms with Crippen molar-refractivity contribution in [2.45, 2.75) is 45.7 Å². The van der Waals surface area contributed by atoms with Crippen LogP contribution in [0.5, 0.6) is 0 Å². The highest BCUT2D eigenvalue weighted by atomic mass is 35.5. The Bertz CT molecular complexity index is 1080. The van der Waals surface area contributed by atoms with Crippen LogP contribution < -0.4 is 9.62 Å². The largest absolute Gasteiger partial charge is 0.354 e. The summed E-state index contributed by atoms with van der Waals surface area (Å²) >= 11 is 5.97. The average Bonchev–Trinajstić information content (AvgIpc) is 2.78. The first-order chi connectivity index (χ1) is 16.1. The maximum absolute atomic E-state index is 13.8. The molecule has 2 rings (SSSR count). The minimum Gasteiger partial charge on any atom is -0.354 e. The van der Waals surface area contributed by atoms with Crippen molar-refractivity contribution in [1.29, 1.82) is 0 Å². The van der Waals surface area contributed by atoms with Gasteiger partial charge in [0.1, 0.15) is 18.4 Å². The summed E-state index contributed by atoms with van der Waals surface area (Å²) in [6.45, 7) is 3.78. The van der Waals surface area contributed by atoms with Gasteiger partial charge in [0, 0.05) is 18.1 Å². The summed E-state index contributed by atoms with van der Waals surface area (Å²) in [6.07, 6.45) is 2.98. The average molecular weight is 512 g/mol. The van der Waals surface area contributed by atoms with E-state index in [4.69, 9.17) is 11.6 Å². The quantitative estimate of drug-likeness (QED) is 0.437. The Morgan fingerprint density at radius 2 is 1.79 bits per heavy atom. The second-order valence-corrected chi connectivity index (χ2v) is 10.3. The van der Waals surface area contributed by atoms with E-state index < -0.39 is 34.3 Å². The number of rotatable bonds is 12. The molecule has 7 nitrogen and oxygen atoms in total. The lowest BCUT2D eigenvalue weighted by atomic mass is 10.1. The summed E-state index contributed by atoms with van der Waals surface area (Å²) in [5, 5.41) is 3.38. The van der Waals surface area contributed by atoms with E-state index in [1.807, 2.05) is 6.92 Å². The molecule has 1 atom stereocenters. The predicted molar refractivity (Wildman–Crippen MR) is 133 cm³/mol. The van der Waals surface area contributed by atoms with Crippen LogP contribution in [0.1, 0.15) is 38.7 Å². The van der Waals surface area contributed by atoms with E-state index in [2.05, 4.69) is 5.32 Å². The first-order valence-corrected chi connectivity index (χ1v) is 13.3. The van der Waals surface area contributed by atoms with E-state index in [1.54, 1.807) is 31.2 Å². The number of anilines is 1. The third-order valence-electron chi connectivity index (χ3n) is 5.26. The van der Waals surface area contributed by atoms with Gasteiger partial charge in [0.05, 0.1) is 11.9 Å². The fourth-order valence-electron chi connectivity index (χ4n) is 3.46. The van der Waals surface area contributed by atoms with Gasteiger partial charge in [-0.15, -0.1) is 0 Å². The summed E-state index contributed by atoms with van der Waals surface area (Å²) in [7, 11) is -3.91. The zero-order valence-electron chi connectivity index (χ0n) is 19.6. The van der Waals surface area contributed by atoms with Gasteiger partial charge in [0.2, 0.25) is 21.8 Å². The molecule has 0 aliphatic carbocycles. The molecule has 2 amide bonds. The van der Waals surface area contributed by atoms with Gasteiger partial charge in [-0.1, -0.05) is 50.1 Å². The molecule has 34 heavy (non-hydrogen) atoms. The van der Waals surface area contributed by atoms with E-state index in [1.165, 1.54) is 23.1 Å². The molecule has 0 fully saturated rings. The second kappa shape index (κ2) is 12.7. The molecular weight excluding hydrogens is 481 g/mol. The smallest absolute Gasteiger partial charge is 0.244 e. The standard InChI is InChI=1S/C24H31ClFN3O4S/c1-4-6-14-27-24(31)22(5-2)28(16-18-10-12-19(25)13-11-18)23(30)17-29(34(3,32)33)21-9-7-8-20(26)15-21/h7-13,15,22H,4-6,14,16-17H2,1-3H3,(H,27,31)/t22-/m0/s1. The Morgan fingerprint density at radius 1 is 1.12 bits per heavy atom. The molecule has 0 saturated heterocycles. The van der Waals surface area contributed by atoms with Gasteiger partial charge in [-0.25, -0.2) is 12.8 Å². The Labute approximate surface area is 205 Å². The highest BCUT2D eigenvalue weighted by molar-refractivity contribution is 7.92. The van der Waals surface area contributed by atoms with Crippen molar-refractivity contribution < 1.29 is 22.4 Å². The van der Waals surface area contributed by atoms with Crippen LogP contribution in [0.15, 0.2) is 48.5 Å². The number of nitrogens with zero attached hydrogens (tertiary/aromatic N) is 2. The topological polar surface area (TPSA) is 86.8 Å². The summed E-state index contributed by atoms with van der Waals surface area (Å²) in [4.78, 5) is 27.8. The fraction of sp³-hybridized carbons (Fsp3) is 0.417. The van der Waals surface area contributed by atoms with Gasteiger partial charge in [-0.2, -0.15) is 0 Å². The molecule has 0 bridgehead atoms. The van der Waals surface area contributed by atoms with Crippen molar-refractivity contribution in [3.8, 4) is 0 Å². The van der Waals surface area contributed by atoms with Crippen molar-refractivity contribution in [3.05, 3.63) is 64.9 Å². The van der Waals surface area contributed by atoms with Gasteiger partial charge in [0.15, 0.2) is 0 Å². The summed E-state index contributed by atoms with van der Waals surface area (Å²) in [6, 6.07) is 11.0. The molecule has 2 aromatic rings. The van der Waals surface area contributed by atoms with Crippen LogP contribution in [0.4, 0.5) is 10.1 Å². The predicted octanol–water partition coefficient (Wildman–Crippen LogP) is 3.97. The molecule has 0 aromatic heterocycles. The highest BCUT2D eigenvalue weighted by Crippen LogP contribution is 2.21. The maximum Gasteiger partial charge on any atom is 0.244 e. The number of unbranched alkanes of at least 4 members (excludes halogenated alkanes) is 1. The van der Waals surface area contributed by atoms with Crippen LogP contribution in [0.2, 0.25) is 5.02 Å². The van der Waals surface area contributed by atoms with Crippen molar-refractivity contribution >= 4 is 39.1 Å². The Morgan fingerprint density at radius 3 is 2.35 bits per heavy atom. The lowest BCUT2D eigenvalue weighted by molar-refractivity contribution is -0.140. The zero-order chi connectivity index (χ0) is 25.3. The molecule has 0 unspecified atom stereocenters. The number of benzene rings is 2. The highest BCUT2D eigenvalue weighted by Gasteiger charge is 2.31. The van der Waals surface area contributed by atoms with Crippen LogP contribution >= 0.6 is 11.6 Å². The molecule has 2 aromatic carbocycles. The van der Waals surface area contributed by atoms with Crippen LogP contribution in [0.25, 0.3) is 0 Å². The molecule has 0 spiro atoms. The number of amides is 2. The van der Waals surface area contributed by atoms with E-state index >= 15 is 0 Å². The minimum atomic E-state index is -3.91. The van der Waals surface area contributed by atoms with Crippen LogP contribution in [0.3, 0.4) is 0 Å². The number of carbonyl (C=O) groups excluding carboxylic acids is 2. The number of carbonyl (C=O) groups is 2. The molecule has 1 N–H and O–H groups in total. The molecule has 186 valence electrons. The van der Waals surface area contributed by atoms with E-state index in [0.717, 1.165) is 35.0 Å².